The van der Waals surface area contributed by atoms with Crippen LogP contribution in [0.5, 0.6) is 0 Å². The van der Waals surface area contributed by atoms with Gasteiger partial charge in [0.25, 0.3) is 0 Å². The molecule has 59 heavy (non-hydrogen) atoms. The Labute approximate surface area is 347 Å². The van der Waals surface area contributed by atoms with Crippen LogP contribution in [-0.4, -0.2) is 0 Å². The molecule has 0 unspecified atom stereocenters. The van der Waals surface area contributed by atoms with Crippen molar-refractivity contribution in [3.8, 4) is 66.8 Å². The average Bonchev–Trinajstić information content (AvgIpc) is 3.74. The molecular formula is C59H46. The van der Waals surface area contributed by atoms with Crippen molar-refractivity contribution in [3.05, 3.63) is 203 Å². The van der Waals surface area contributed by atoms with Crippen molar-refractivity contribution in [2.24, 2.45) is 0 Å². The van der Waals surface area contributed by atoms with Crippen molar-refractivity contribution in [2.75, 3.05) is 0 Å². The maximum Gasteiger partial charge on any atom is 0.0165 e. The summed E-state index contributed by atoms with van der Waals surface area (Å²) in [6.07, 6.45) is 0. The molecular weight excluding hydrogens is 709 g/mol. The lowest BCUT2D eigenvalue weighted by atomic mass is 9.77. The van der Waals surface area contributed by atoms with Gasteiger partial charge < -0.3 is 0 Å². The maximum atomic E-state index is 2.50. The van der Waals surface area contributed by atoms with E-state index in [2.05, 4.69) is 211 Å². The second-order valence-electron chi connectivity index (χ2n) is 18.8. The van der Waals surface area contributed by atoms with Crippen LogP contribution in [0.2, 0.25) is 0 Å². The zero-order valence-electron chi connectivity index (χ0n) is 34.7. The summed E-state index contributed by atoms with van der Waals surface area (Å²) < 4.78 is 0. The second-order valence-corrected chi connectivity index (χ2v) is 18.8. The second kappa shape index (κ2) is 11.8. The third kappa shape index (κ3) is 4.55. The first-order valence-corrected chi connectivity index (χ1v) is 21.3. The smallest absolute Gasteiger partial charge is 0.0165 e. The zero-order valence-corrected chi connectivity index (χ0v) is 34.7. The van der Waals surface area contributed by atoms with E-state index in [1.807, 2.05) is 0 Å². The van der Waals surface area contributed by atoms with Gasteiger partial charge in [-0.25, -0.2) is 0 Å². The highest BCUT2D eigenvalue weighted by Gasteiger charge is 2.44. The third-order valence-electron chi connectivity index (χ3n) is 14.6. The summed E-state index contributed by atoms with van der Waals surface area (Å²) in [6, 6.07) is 64.5. The van der Waals surface area contributed by atoms with Crippen LogP contribution in [0.1, 0.15) is 74.9 Å². The third-order valence-corrected chi connectivity index (χ3v) is 14.6. The van der Waals surface area contributed by atoms with Crippen LogP contribution >= 0.6 is 0 Å². The summed E-state index contributed by atoms with van der Waals surface area (Å²) in [5.41, 5.74) is 24.3. The fourth-order valence-electron chi connectivity index (χ4n) is 11.7. The number of hydrogen-bond acceptors (Lipinski definition) is 0. The Morgan fingerprint density at radius 3 is 1.42 bits per heavy atom. The lowest BCUT2D eigenvalue weighted by Gasteiger charge is -2.26. The molecule has 3 aliphatic carbocycles. The Balaban J connectivity index is 0.981. The molecule has 9 aromatic rings. The summed E-state index contributed by atoms with van der Waals surface area (Å²) in [5.74, 6) is 0. The van der Waals surface area contributed by atoms with Crippen LogP contribution in [0.25, 0.3) is 88.3 Å². The minimum absolute atomic E-state index is 0.0561. The first-order valence-electron chi connectivity index (χ1n) is 21.3. The van der Waals surface area contributed by atoms with Crippen LogP contribution in [0, 0.1) is 0 Å². The molecule has 0 atom stereocenters. The van der Waals surface area contributed by atoms with Crippen LogP contribution in [0.15, 0.2) is 170 Å². The van der Waals surface area contributed by atoms with Gasteiger partial charge in [0.15, 0.2) is 0 Å². The van der Waals surface area contributed by atoms with E-state index < -0.39 is 0 Å². The van der Waals surface area contributed by atoms with Crippen molar-refractivity contribution in [3.63, 3.8) is 0 Å². The van der Waals surface area contributed by atoms with Crippen molar-refractivity contribution >= 4 is 21.5 Å². The van der Waals surface area contributed by atoms with E-state index in [-0.39, 0.29) is 16.2 Å². The van der Waals surface area contributed by atoms with E-state index in [0.29, 0.717) is 0 Å². The van der Waals surface area contributed by atoms with Gasteiger partial charge in [-0.2, -0.15) is 0 Å². The molecule has 0 heteroatoms. The largest absolute Gasteiger partial charge is 0.0622 e. The summed E-state index contributed by atoms with van der Waals surface area (Å²) in [6.45, 7) is 14.5. The van der Waals surface area contributed by atoms with Crippen LogP contribution in [0.4, 0.5) is 0 Å². The van der Waals surface area contributed by atoms with Crippen molar-refractivity contribution in [1.29, 1.82) is 0 Å². The summed E-state index contributed by atoms with van der Waals surface area (Å²) in [5, 5.41) is 5.17. The Morgan fingerprint density at radius 1 is 0.254 bits per heavy atom. The standard InChI is InChI=1S/C59H46/c1-57(2)49-30-26-36(37-24-28-46-52(33-37)58(3,4)50-31-29-45-39-18-14-15-23-48(39)59(5,6)56(45)55(46)50)32-47(49)40-27-25-38(34-51(40)57)54-43-21-12-10-19-41(43)53(35-16-8-7-9-17-35)42-20-11-13-22-44(42)54/h7-34H,1-6H3. The minimum Gasteiger partial charge on any atom is -0.0622 e. The Bertz CT molecular complexity index is 3220. The van der Waals surface area contributed by atoms with Gasteiger partial charge >= 0.3 is 0 Å². The average molecular weight is 755 g/mol. The molecule has 0 nitrogen and oxygen atoms in total. The molecule has 9 aromatic carbocycles. The van der Waals surface area contributed by atoms with Gasteiger partial charge in [-0.1, -0.05) is 193 Å². The summed E-state index contributed by atoms with van der Waals surface area (Å²) in [7, 11) is 0. The predicted octanol–water partition coefficient (Wildman–Crippen LogP) is 15.9. The molecule has 0 N–H and O–H groups in total. The van der Waals surface area contributed by atoms with E-state index in [1.54, 1.807) is 0 Å². The van der Waals surface area contributed by atoms with E-state index in [1.165, 1.54) is 122 Å². The normalized spacial score (nSPS) is 15.7. The zero-order chi connectivity index (χ0) is 40.0. The van der Waals surface area contributed by atoms with Crippen LogP contribution in [0.3, 0.4) is 0 Å². The van der Waals surface area contributed by atoms with E-state index in [4.69, 9.17) is 0 Å². The molecule has 0 spiro atoms. The quantitative estimate of drug-likeness (QED) is 0.158. The highest BCUT2D eigenvalue weighted by molar-refractivity contribution is 6.21. The van der Waals surface area contributed by atoms with Gasteiger partial charge in [0.05, 0.1) is 0 Å². The Kier molecular flexibility index (Phi) is 6.91. The van der Waals surface area contributed by atoms with Crippen LogP contribution in [-0.2, 0) is 16.2 Å². The molecule has 0 amide bonds. The van der Waals surface area contributed by atoms with Gasteiger partial charge in [0.2, 0.25) is 0 Å². The van der Waals surface area contributed by atoms with Crippen LogP contribution < -0.4 is 0 Å². The monoisotopic (exact) mass is 754 g/mol. The fourth-order valence-corrected chi connectivity index (χ4v) is 11.7. The molecule has 0 radical (unpaired) electrons. The fraction of sp³-hybridized carbons (Fsp3) is 0.153. The Hall–Kier alpha value is -6.50. The predicted molar refractivity (Wildman–Crippen MR) is 250 cm³/mol. The topological polar surface area (TPSA) is 0 Å². The van der Waals surface area contributed by atoms with Gasteiger partial charge in [-0.3, -0.25) is 0 Å². The Morgan fingerprint density at radius 2 is 0.712 bits per heavy atom. The van der Waals surface area contributed by atoms with Gasteiger partial charge in [0.1, 0.15) is 0 Å². The van der Waals surface area contributed by atoms with E-state index in [0.717, 1.165) is 0 Å². The number of rotatable bonds is 3. The summed E-state index contributed by atoms with van der Waals surface area (Å²) >= 11 is 0. The molecule has 0 saturated heterocycles. The first-order chi connectivity index (χ1) is 28.5. The molecule has 0 aliphatic heterocycles. The molecule has 282 valence electrons. The van der Waals surface area contributed by atoms with Gasteiger partial charge in [0, 0.05) is 16.2 Å². The highest BCUT2D eigenvalue weighted by atomic mass is 14.5. The molecule has 3 aliphatic rings. The number of hydrogen-bond donors (Lipinski definition) is 0. The van der Waals surface area contributed by atoms with Crippen molar-refractivity contribution < 1.29 is 0 Å². The molecule has 0 heterocycles. The molecule has 0 fully saturated rings. The van der Waals surface area contributed by atoms with Gasteiger partial charge in [-0.05, 0) is 140 Å². The van der Waals surface area contributed by atoms with Crippen molar-refractivity contribution in [2.45, 2.75) is 57.8 Å². The molecule has 0 aromatic heterocycles. The summed E-state index contributed by atoms with van der Waals surface area (Å²) in [4.78, 5) is 0. The highest BCUT2D eigenvalue weighted by Crippen LogP contribution is 2.60. The first kappa shape index (κ1) is 34.5. The van der Waals surface area contributed by atoms with E-state index >= 15 is 0 Å². The number of benzene rings is 9. The lowest BCUT2D eigenvalue weighted by molar-refractivity contribution is 0.647. The van der Waals surface area contributed by atoms with Gasteiger partial charge in [-0.15, -0.1) is 0 Å². The number of fused-ring (bicyclic) bond motifs is 12. The molecule has 0 saturated carbocycles. The lowest BCUT2D eigenvalue weighted by Crippen LogP contribution is -2.18. The van der Waals surface area contributed by atoms with Crippen molar-refractivity contribution in [1.82, 2.24) is 0 Å². The maximum absolute atomic E-state index is 2.50. The SMILES string of the molecule is CC1(C)c2ccc(-c3ccc4c(c3)C(C)(C)c3ccc5c(c3-4)C(C)(C)c3ccccc3-5)cc2-c2ccc(-c3c4ccccc4c(-c4ccccc4)c4ccccc34)cc21. The molecule has 0 bridgehead atoms. The minimum atomic E-state index is -0.138. The molecule has 12 rings (SSSR count). The van der Waals surface area contributed by atoms with E-state index in [9.17, 15) is 0 Å².